The summed E-state index contributed by atoms with van der Waals surface area (Å²) >= 11 is 0. The van der Waals surface area contributed by atoms with Crippen LogP contribution in [0.15, 0.2) is 91.1 Å². The maximum Gasteiger partial charge on any atom is 0.123 e. The Morgan fingerprint density at radius 2 is 1.44 bits per heavy atom. The lowest BCUT2D eigenvalue weighted by Gasteiger charge is -2.03. The summed E-state index contributed by atoms with van der Waals surface area (Å²) in [5, 5.41) is 7.04. The highest BCUT2D eigenvalue weighted by molar-refractivity contribution is 5.63. The molecule has 0 radical (unpaired) electrons. The Morgan fingerprint density at radius 1 is 0.778 bits per heavy atom. The molecule has 0 saturated heterocycles. The third-order valence-electron chi connectivity index (χ3n) is 4.52. The maximum absolute atomic E-state index is 13.3. The number of para-hydroxylation sites is 1. The Kier molecular flexibility index (Phi) is 5.08. The molecule has 0 saturated carbocycles. The van der Waals surface area contributed by atoms with Gasteiger partial charge in [0.25, 0.3) is 0 Å². The minimum Gasteiger partial charge on any atom is -0.339 e. The smallest absolute Gasteiger partial charge is 0.123 e. The number of benzene rings is 3. The first-order chi connectivity index (χ1) is 13.3. The number of nitrogens with two attached hydrogens (primary N) is 1. The zero-order valence-electron chi connectivity index (χ0n) is 14.9. The molecular weight excluding hydrogens is 337 g/mol. The lowest BCUT2D eigenvalue weighted by molar-refractivity contribution is -0.686. The number of quaternary nitrogens is 1. The number of halogens is 1. The van der Waals surface area contributed by atoms with E-state index in [2.05, 4.69) is 35.8 Å². The van der Waals surface area contributed by atoms with Crippen molar-refractivity contribution in [1.29, 1.82) is 0 Å². The van der Waals surface area contributed by atoms with E-state index < -0.39 is 0 Å². The minimum atomic E-state index is -0.238. The molecule has 0 aliphatic carbocycles. The minimum absolute atomic E-state index is 0.238. The van der Waals surface area contributed by atoms with E-state index in [0.717, 1.165) is 35.6 Å². The first kappa shape index (κ1) is 17.2. The van der Waals surface area contributed by atoms with Crippen molar-refractivity contribution in [3.8, 4) is 16.9 Å². The second-order valence-corrected chi connectivity index (χ2v) is 6.47. The van der Waals surface area contributed by atoms with Gasteiger partial charge in [-0.3, -0.25) is 0 Å². The van der Waals surface area contributed by atoms with Crippen molar-refractivity contribution in [3.05, 3.63) is 108 Å². The average molecular weight is 358 g/mol. The molecule has 4 rings (SSSR count). The number of hydrogen-bond acceptors (Lipinski definition) is 1. The van der Waals surface area contributed by atoms with Crippen LogP contribution in [0.2, 0.25) is 0 Å². The first-order valence-electron chi connectivity index (χ1n) is 9.05. The molecule has 134 valence electrons. The molecular formula is C23H21FN3+. The fraction of sp³-hybridized carbons (Fsp3) is 0.0870. The van der Waals surface area contributed by atoms with Crippen LogP contribution in [-0.4, -0.2) is 9.78 Å². The third-order valence-corrected chi connectivity index (χ3v) is 4.52. The molecule has 1 heterocycles. The van der Waals surface area contributed by atoms with E-state index in [-0.39, 0.29) is 5.82 Å². The molecule has 0 spiro atoms. The highest BCUT2D eigenvalue weighted by Crippen LogP contribution is 2.23. The van der Waals surface area contributed by atoms with E-state index in [1.165, 1.54) is 17.7 Å². The van der Waals surface area contributed by atoms with Crippen molar-refractivity contribution in [1.82, 2.24) is 9.78 Å². The molecule has 0 bridgehead atoms. The summed E-state index contributed by atoms with van der Waals surface area (Å²) in [4.78, 5) is 0. The maximum atomic E-state index is 13.3. The molecule has 4 heteroatoms. The highest BCUT2D eigenvalue weighted by atomic mass is 19.1. The molecule has 3 aromatic carbocycles. The van der Waals surface area contributed by atoms with Gasteiger partial charge in [0.15, 0.2) is 0 Å². The number of hydrogen-bond donors (Lipinski definition) is 1. The molecule has 0 amide bonds. The standard InChI is InChI=1S/C23H20FN3/c24-21-13-11-19(12-14-21)23-20(16-25-15-18-7-3-1-4-8-18)17-27(26-23)22-9-5-2-6-10-22/h1-14,17,25H,15-16H2/p+1. The van der Waals surface area contributed by atoms with Crippen LogP contribution in [0, 0.1) is 5.82 Å². The van der Waals surface area contributed by atoms with Crippen molar-refractivity contribution >= 4 is 0 Å². The van der Waals surface area contributed by atoms with Crippen LogP contribution in [0.4, 0.5) is 4.39 Å². The van der Waals surface area contributed by atoms with Crippen molar-refractivity contribution < 1.29 is 9.71 Å². The van der Waals surface area contributed by atoms with Crippen LogP contribution in [-0.2, 0) is 13.1 Å². The molecule has 0 aliphatic rings. The second-order valence-electron chi connectivity index (χ2n) is 6.47. The Labute approximate surface area is 158 Å². The molecule has 0 atom stereocenters. The summed E-state index contributed by atoms with van der Waals surface area (Å²) in [6.45, 7) is 1.70. The zero-order chi connectivity index (χ0) is 18.5. The van der Waals surface area contributed by atoms with Gasteiger partial charge in [-0.15, -0.1) is 0 Å². The summed E-state index contributed by atoms with van der Waals surface area (Å²) in [7, 11) is 0. The lowest BCUT2D eigenvalue weighted by atomic mass is 10.1. The topological polar surface area (TPSA) is 34.4 Å². The summed E-state index contributed by atoms with van der Waals surface area (Å²) in [5.41, 5.74) is 5.24. The summed E-state index contributed by atoms with van der Waals surface area (Å²) < 4.78 is 15.2. The van der Waals surface area contributed by atoms with Gasteiger partial charge in [-0.05, 0) is 36.4 Å². The largest absolute Gasteiger partial charge is 0.339 e. The van der Waals surface area contributed by atoms with Crippen LogP contribution in [0.5, 0.6) is 0 Å². The molecule has 27 heavy (non-hydrogen) atoms. The van der Waals surface area contributed by atoms with Gasteiger partial charge in [-0.2, -0.15) is 5.10 Å². The highest BCUT2D eigenvalue weighted by Gasteiger charge is 2.14. The zero-order valence-corrected chi connectivity index (χ0v) is 14.9. The molecule has 0 unspecified atom stereocenters. The van der Waals surface area contributed by atoms with Gasteiger partial charge < -0.3 is 5.32 Å². The fourth-order valence-corrected chi connectivity index (χ4v) is 3.13. The van der Waals surface area contributed by atoms with Gasteiger partial charge >= 0.3 is 0 Å². The van der Waals surface area contributed by atoms with Gasteiger partial charge in [0.05, 0.1) is 11.3 Å². The van der Waals surface area contributed by atoms with Crippen LogP contribution in [0.25, 0.3) is 16.9 Å². The monoisotopic (exact) mass is 358 g/mol. The van der Waals surface area contributed by atoms with Crippen LogP contribution >= 0.6 is 0 Å². The lowest BCUT2D eigenvalue weighted by Crippen LogP contribution is -2.80. The third kappa shape index (κ3) is 4.13. The molecule has 1 aromatic heterocycles. The normalized spacial score (nSPS) is 10.9. The SMILES string of the molecule is Fc1ccc(-c2nn(-c3ccccc3)cc2C[NH2+]Cc2ccccc2)cc1. The number of aromatic nitrogens is 2. The molecule has 4 aromatic rings. The van der Waals surface area contributed by atoms with E-state index >= 15 is 0 Å². The van der Waals surface area contributed by atoms with Crippen LogP contribution < -0.4 is 5.32 Å². The van der Waals surface area contributed by atoms with E-state index in [9.17, 15) is 4.39 Å². The van der Waals surface area contributed by atoms with Crippen LogP contribution in [0.3, 0.4) is 0 Å². The summed E-state index contributed by atoms with van der Waals surface area (Å²) in [6, 6.07) is 27.0. The van der Waals surface area contributed by atoms with Crippen molar-refractivity contribution in [2.24, 2.45) is 0 Å². The van der Waals surface area contributed by atoms with Crippen molar-refractivity contribution in [2.75, 3.05) is 0 Å². The van der Waals surface area contributed by atoms with Gasteiger partial charge in [0, 0.05) is 17.3 Å². The van der Waals surface area contributed by atoms with Crippen LogP contribution in [0.1, 0.15) is 11.1 Å². The average Bonchev–Trinajstić information content (AvgIpc) is 3.14. The van der Waals surface area contributed by atoms with Crippen molar-refractivity contribution in [2.45, 2.75) is 13.1 Å². The van der Waals surface area contributed by atoms with Gasteiger partial charge in [0.1, 0.15) is 24.6 Å². The Bertz CT molecular complexity index is 993. The summed E-state index contributed by atoms with van der Waals surface area (Å²) in [6.07, 6.45) is 2.06. The Hall–Kier alpha value is -3.24. The van der Waals surface area contributed by atoms with Gasteiger partial charge in [-0.1, -0.05) is 48.5 Å². The van der Waals surface area contributed by atoms with E-state index in [0.29, 0.717) is 0 Å². The quantitative estimate of drug-likeness (QED) is 0.557. The molecule has 0 fully saturated rings. The molecule has 3 nitrogen and oxygen atoms in total. The number of rotatable bonds is 6. The first-order valence-corrected chi connectivity index (χ1v) is 9.05. The van der Waals surface area contributed by atoms with Gasteiger partial charge in [0.2, 0.25) is 0 Å². The van der Waals surface area contributed by atoms with E-state index in [1.807, 2.05) is 41.1 Å². The Morgan fingerprint density at radius 3 is 2.15 bits per heavy atom. The van der Waals surface area contributed by atoms with Crippen molar-refractivity contribution in [3.63, 3.8) is 0 Å². The summed E-state index contributed by atoms with van der Waals surface area (Å²) in [5.74, 6) is -0.238. The number of nitrogens with zero attached hydrogens (tertiary/aromatic N) is 2. The molecule has 0 aliphatic heterocycles. The second kappa shape index (κ2) is 7.98. The molecule has 2 N–H and O–H groups in total. The predicted octanol–water partition coefficient (Wildman–Crippen LogP) is 3.94. The van der Waals surface area contributed by atoms with Gasteiger partial charge in [-0.25, -0.2) is 9.07 Å². The fourth-order valence-electron chi connectivity index (χ4n) is 3.13. The van der Waals surface area contributed by atoms with E-state index in [4.69, 9.17) is 5.10 Å². The predicted molar refractivity (Wildman–Crippen MR) is 105 cm³/mol. The Balaban J connectivity index is 1.61. The van der Waals surface area contributed by atoms with E-state index in [1.54, 1.807) is 12.1 Å².